The second kappa shape index (κ2) is 6.69. The number of thiophene rings is 1. The molecule has 2 aromatic heterocycles. The molecule has 22 heavy (non-hydrogen) atoms. The quantitative estimate of drug-likeness (QED) is 0.869. The van der Waals surface area contributed by atoms with Crippen molar-refractivity contribution in [3.05, 3.63) is 52.0 Å². The highest BCUT2D eigenvalue weighted by atomic mass is 32.1. The zero-order chi connectivity index (χ0) is 15.4. The molecule has 2 aromatic rings. The summed E-state index contributed by atoms with van der Waals surface area (Å²) in [5.74, 6) is 0.0371. The fourth-order valence-electron chi connectivity index (χ4n) is 2.52. The van der Waals surface area contributed by atoms with Gasteiger partial charge >= 0.3 is 0 Å². The number of pyridine rings is 1. The summed E-state index contributed by atoms with van der Waals surface area (Å²) in [6.45, 7) is 4.07. The van der Waals surface area contributed by atoms with E-state index in [4.69, 9.17) is 5.26 Å². The minimum atomic E-state index is 0.0371. The zero-order valence-corrected chi connectivity index (χ0v) is 12.9. The van der Waals surface area contributed by atoms with Crippen LogP contribution in [0, 0.1) is 11.3 Å². The van der Waals surface area contributed by atoms with Crippen LogP contribution in [0.4, 0.5) is 0 Å². The van der Waals surface area contributed by atoms with E-state index >= 15 is 0 Å². The van der Waals surface area contributed by atoms with Crippen LogP contribution in [0.1, 0.15) is 20.1 Å². The Hall–Kier alpha value is -2.23. The second-order valence-electron chi connectivity index (χ2n) is 5.20. The summed E-state index contributed by atoms with van der Waals surface area (Å²) in [4.78, 5) is 21.9. The van der Waals surface area contributed by atoms with Crippen molar-refractivity contribution < 1.29 is 4.79 Å². The number of hydrogen-bond acceptors (Lipinski definition) is 5. The summed E-state index contributed by atoms with van der Waals surface area (Å²) >= 11 is 1.27. The molecule has 0 unspecified atom stereocenters. The molecule has 6 heteroatoms. The van der Waals surface area contributed by atoms with Gasteiger partial charge in [0.1, 0.15) is 10.9 Å². The number of aromatic nitrogens is 1. The molecule has 3 heterocycles. The number of nitriles is 1. The third-order valence-electron chi connectivity index (χ3n) is 3.74. The van der Waals surface area contributed by atoms with Crippen LogP contribution in [0.3, 0.4) is 0 Å². The molecular weight excluding hydrogens is 296 g/mol. The maximum Gasteiger partial charge on any atom is 0.264 e. The van der Waals surface area contributed by atoms with Crippen LogP contribution in [0.25, 0.3) is 0 Å². The molecule has 0 atom stereocenters. The van der Waals surface area contributed by atoms with Gasteiger partial charge in [-0.05, 0) is 29.8 Å². The minimum absolute atomic E-state index is 0.0371. The predicted octanol–water partition coefficient (Wildman–Crippen LogP) is 1.97. The van der Waals surface area contributed by atoms with Gasteiger partial charge in [0.05, 0.1) is 4.88 Å². The van der Waals surface area contributed by atoms with E-state index < -0.39 is 0 Å². The molecule has 0 aliphatic carbocycles. The summed E-state index contributed by atoms with van der Waals surface area (Å²) in [5.41, 5.74) is 1.24. The Kier molecular flexibility index (Phi) is 4.47. The standard InChI is InChI=1S/C16H16N4OS/c17-11-14-1-2-15(22-14)16(21)20-9-7-19(8-10-20)12-13-3-5-18-6-4-13/h1-6H,7-10,12H2. The Morgan fingerprint density at radius 1 is 1.18 bits per heavy atom. The van der Waals surface area contributed by atoms with Crippen LogP contribution in [-0.4, -0.2) is 46.9 Å². The highest BCUT2D eigenvalue weighted by molar-refractivity contribution is 7.14. The lowest BCUT2D eigenvalue weighted by Gasteiger charge is -2.34. The molecule has 1 fully saturated rings. The molecule has 1 amide bonds. The topological polar surface area (TPSA) is 60.2 Å². The van der Waals surface area contributed by atoms with Crippen LogP contribution in [0.5, 0.6) is 0 Å². The number of hydrogen-bond donors (Lipinski definition) is 0. The minimum Gasteiger partial charge on any atom is -0.335 e. The van der Waals surface area contributed by atoms with E-state index in [1.807, 2.05) is 17.0 Å². The van der Waals surface area contributed by atoms with Crippen LogP contribution in [0.2, 0.25) is 0 Å². The Labute approximate surface area is 133 Å². The molecule has 112 valence electrons. The smallest absolute Gasteiger partial charge is 0.264 e. The average molecular weight is 312 g/mol. The first-order chi connectivity index (χ1) is 10.8. The van der Waals surface area contributed by atoms with Gasteiger partial charge in [-0.2, -0.15) is 5.26 Å². The fourth-order valence-corrected chi connectivity index (χ4v) is 3.30. The van der Waals surface area contributed by atoms with Crippen molar-refractivity contribution in [1.29, 1.82) is 5.26 Å². The molecule has 0 N–H and O–H groups in total. The normalized spacial score (nSPS) is 15.5. The fraction of sp³-hybridized carbons (Fsp3) is 0.312. The van der Waals surface area contributed by atoms with Crippen molar-refractivity contribution in [2.75, 3.05) is 26.2 Å². The van der Waals surface area contributed by atoms with E-state index in [0.29, 0.717) is 9.75 Å². The van der Waals surface area contributed by atoms with E-state index in [1.165, 1.54) is 16.9 Å². The highest BCUT2D eigenvalue weighted by Crippen LogP contribution is 2.18. The number of carbonyl (C=O) groups is 1. The third-order valence-corrected chi connectivity index (χ3v) is 4.72. The van der Waals surface area contributed by atoms with Gasteiger partial charge in [-0.15, -0.1) is 11.3 Å². The lowest BCUT2D eigenvalue weighted by Crippen LogP contribution is -2.48. The molecule has 0 aromatic carbocycles. The van der Waals surface area contributed by atoms with Gasteiger partial charge < -0.3 is 4.90 Å². The van der Waals surface area contributed by atoms with E-state index in [2.05, 4.69) is 16.0 Å². The highest BCUT2D eigenvalue weighted by Gasteiger charge is 2.23. The molecule has 0 saturated carbocycles. The first kappa shape index (κ1) is 14.7. The number of nitrogens with zero attached hydrogens (tertiary/aromatic N) is 4. The average Bonchev–Trinajstić information content (AvgIpc) is 3.05. The van der Waals surface area contributed by atoms with E-state index in [0.717, 1.165) is 32.7 Å². The summed E-state index contributed by atoms with van der Waals surface area (Å²) < 4.78 is 0. The predicted molar refractivity (Wildman–Crippen MR) is 84.5 cm³/mol. The first-order valence-electron chi connectivity index (χ1n) is 7.17. The van der Waals surface area contributed by atoms with Gasteiger partial charge in [0.25, 0.3) is 5.91 Å². The molecular formula is C16H16N4OS. The number of carbonyl (C=O) groups excluding carboxylic acids is 1. The van der Waals surface area contributed by atoms with Gasteiger partial charge in [0, 0.05) is 45.1 Å². The Balaban J connectivity index is 1.55. The van der Waals surface area contributed by atoms with Crippen molar-refractivity contribution in [2.24, 2.45) is 0 Å². The molecule has 0 bridgehead atoms. The van der Waals surface area contributed by atoms with Crippen molar-refractivity contribution in [3.63, 3.8) is 0 Å². The number of rotatable bonds is 3. The number of amides is 1. The molecule has 0 spiro atoms. The van der Waals surface area contributed by atoms with E-state index in [-0.39, 0.29) is 5.91 Å². The SMILES string of the molecule is N#Cc1ccc(C(=O)N2CCN(Cc3ccncc3)CC2)s1. The summed E-state index contributed by atoms with van der Waals surface area (Å²) in [6.07, 6.45) is 3.61. The zero-order valence-electron chi connectivity index (χ0n) is 12.1. The van der Waals surface area contributed by atoms with Crippen LogP contribution < -0.4 is 0 Å². The van der Waals surface area contributed by atoms with Gasteiger partial charge in [-0.1, -0.05) is 0 Å². The van der Waals surface area contributed by atoms with Gasteiger partial charge in [-0.3, -0.25) is 14.7 Å². The lowest BCUT2D eigenvalue weighted by molar-refractivity contribution is 0.0633. The van der Waals surface area contributed by atoms with Gasteiger partial charge in [-0.25, -0.2) is 0 Å². The van der Waals surface area contributed by atoms with Crippen LogP contribution in [-0.2, 0) is 6.54 Å². The first-order valence-corrected chi connectivity index (χ1v) is 7.98. The summed E-state index contributed by atoms with van der Waals surface area (Å²) in [6, 6.07) is 9.57. The Morgan fingerprint density at radius 3 is 2.55 bits per heavy atom. The largest absolute Gasteiger partial charge is 0.335 e. The molecule has 1 aliphatic heterocycles. The van der Waals surface area contributed by atoms with Gasteiger partial charge in [0.2, 0.25) is 0 Å². The summed E-state index contributed by atoms with van der Waals surface area (Å²) in [7, 11) is 0. The Bertz CT molecular complexity index is 684. The monoisotopic (exact) mass is 312 g/mol. The van der Waals surface area contributed by atoms with Crippen LogP contribution >= 0.6 is 11.3 Å². The number of piperazine rings is 1. The van der Waals surface area contributed by atoms with Crippen molar-refractivity contribution >= 4 is 17.2 Å². The Morgan fingerprint density at radius 2 is 1.91 bits per heavy atom. The lowest BCUT2D eigenvalue weighted by atomic mass is 10.2. The second-order valence-corrected chi connectivity index (χ2v) is 6.28. The van der Waals surface area contributed by atoms with E-state index in [1.54, 1.807) is 24.5 Å². The molecule has 1 saturated heterocycles. The van der Waals surface area contributed by atoms with Gasteiger partial charge in [0.15, 0.2) is 0 Å². The summed E-state index contributed by atoms with van der Waals surface area (Å²) in [5, 5.41) is 8.84. The maximum atomic E-state index is 12.4. The molecule has 1 aliphatic rings. The van der Waals surface area contributed by atoms with Crippen molar-refractivity contribution in [3.8, 4) is 6.07 Å². The molecule has 5 nitrogen and oxygen atoms in total. The molecule has 0 radical (unpaired) electrons. The third kappa shape index (κ3) is 3.32. The molecule has 3 rings (SSSR count). The van der Waals surface area contributed by atoms with Crippen molar-refractivity contribution in [1.82, 2.24) is 14.8 Å². The van der Waals surface area contributed by atoms with E-state index in [9.17, 15) is 4.79 Å². The van der Waals surface area contributed by atoms with Crippen molar-refractivity contribution in [2.45, 2.75) is 6.54 Å². The van der Waals surface area contributed by atoms with Crippen LogP contribution in [0.15, 0.2) is 36.7 Å². The maximum absolute atomic E-state index is 12.4.